The molecule has 3 aromatic rings. The van der Waals surface area contributed by atoms with Crippen LogP contribution in [-0.4, -0.2) is 32.3 Å². The van der Waals surface area contributed by atoms with E-state index in [1.807, 2.05) is 31.5 Å². The molecule has 4 rings (SSSR count). The molecule has 0 unspecified atom stereocenters. The number of hydrogen-bond donors (Lipinski definition) is 0. The number of oxime groups is 1. The van der Waals surface area contributed by atoms with Crippen molar-refractivity contribution in [1.29, 1.82) is 0 Å². The monoisotopic (exact) mass is 377 g/mol. The molecule has 0 saturated heterocycles. The summed E-state index contributed by atoms with van der Waals surface area (Å²) in [5.41, 5.74) is 5.41. The van der Waals surface area contributed by atoms with Crippen LogP contribution in [0.15, 0.2) is 48.5 Å². The molecule has 27 heavy (non-hydrogen) atoms. The predicted octanol–water partition coefficient (Wildman–Crippen LogP) is 4.21. The molecular weight excluding hydrogens is 358 g/mol. The molecule has 1 aliphatic carbocycles. The van der Waals surface area contributed by atoms with E-state index in [1.54, 1.807) is 23.6 Å². The Morgan fingerprint density at radius 2 is 2.22 bits per heavy atom. The van der Waals surface area contributed by atoms with E-state index in [2.05, 4.69) is 21.7 Å². The van der Waals surface area contributed by atoms with Crippen molar-refractivity contribution in [1.82, 2.24) is 19.9 Å². The summed E-state index contributed by atoms with van der Waals surface area (Å²) in [5, 5.41) is 5.18. The largest absolute Gasteiger partial charge is 0.391 e. The standard InChI is InChI=1S/C20H19N5OS/c1-3-10-26-25-16-8-4-7-15-18(16)24-17(12-22-15)19-13(2)23-20(27-19)14-6-5-9-21-11-14/h3,5-6,9,11-12H,1,4,7-8,10H2,2H3. The molecular formula is C20H19N5OS. The van der Waals surface area contributed by atoms with E-state index in [-0.39, 0.29) is 0 Å². The van der Waals surface area contributed by atoms with Gasteiger partial charge in [-0.1, -0.05) is 17.8 Å². The van der Waals surface area contributed by atoms with Crippen molar-refractivity contribution in [3.05, 3.63) is 60.5 Å². The highest BCUT2D eigenvalue weighted by atomic mass is 32.1. The number of thiazole rings is 1. The van der Waals surface area contributed by atoms with Crippen molar-refractivity contribution in [2.75, 3.05) is 6.61 Å². The van der Waals surface area contributed by atoms with Crippen LogP contribution >= 0.6 is 11.3 Å². The smallest absolute Gasteiger partial charge is 0.135 e. The van der Waals surface area contributed by atoms with E-state index in [0.29, 0.717) is 6.61 Å². The Morgan fingerprint density at radius 1 is 1.30 bits per heavy atom. The van der Waals surface area contributed by atoms with Crippen LogP contribution in [0.25, 0.3) is 21.1 Å². The highest BCUT2D eigenvalue weighted by Crippen LogP contribution is 2.34. The lowest BCUT2D eigenvalue weighted by atomic mass is 9.98. The van der Waals surface area contributed by atoms with Crippen LogP contribution in [0.4, 0.5) is 0 Å². The molecule has 0 fully saturated rings. The molecule has 0 N–H and O–H groups in total. The molecule has 136 valence electrons. The molecule has 0 aliphatic heterocycles. The van der Waals surface area contributed by atoms with Gasteiger partial charge in [-0.25, -0.2) is 9.97 Å². The zero-order valence-corrected chi connectivity index (χ0v) is 15.9. The summed E-state index contributed by atoms with van der Waals surface area (Å²) in [6.07, 6.45) is 9.84. The normalized spacial score (nSPS) is 14.8. The third-order valence-electron chi connectivity index (χ3n) is 4.25. The SMILES string of the molecule is C=CCON=C1CCCc2ncc(-c3sc(-c4cccnc4)nc3C)nc21. The minimum atomic E-state index is 0.383. The summed E-state index contributed by atoms with van der Waals surface area (Å²) in [6, 6.07) is 3.92. The van der Waals surface area contributed by atoms with Crippen molar-refractivity contribution in [3.63, 3.8) is 0 Å². The number of aryl methyl sites for hydroxylation is 2. The molecule has 0 atom stereocenters. The molecule has 0 radical (unpaired) electrons. The Bertz CT molecular complexity index is 997. The van der Waals surface area contributed by atoms with Gasteiger partial charge in [-0.3, -0.25) is 9.97 Å². The molecule has 0 saturated carbocycles. The van der Waals surface area contributed by atoms with Gasteiger partial charge in [0, 0.05) is 18.0 Å². The van der Waals surface area contributed by atoms with E-state index in [4.69, 9.17) is 14.8 Å². The Balaban J connectivity index is 1.72. The lowest BCUT2D eigenvalue weighted by Crippen LogP contribution is -2.16. The second-order valence-electron chi connectivity index (χ2n) is 6.20. The van der Waals surface area contributed by atoms with Crippen LogP contribution in [0.3, 0.4) is 0 Å². The van der Waals surface area contributed by atoms with E-state index in [0.717, 1.165) is 63.2 Å². The maximum absolute atomic E-state index is 5.30. The number of aromatic nitrogens is 4. The molecule has 7 heteroatoms. The molecule has 0 spiro atoms. The van der Waals surface area contributed by atoms with Crippen LogP contribution in [0, 0.1) is 6.92 Å². The van der Waals surface area contributed by atoms with Crippen molar-refractivity contribution in [2.45, 2.75) is 26.2 Å². The van der Waals surface area contributed by atoms with Gasteiger partial charge in [-0.15, -0.1) is 11.3 Å². The molecule has 6 nitrogen and oxygen atoms in total. The summed E-state index contributed by atoms with van der Waals surface area (Å²) in [4.78, 5) is 24.7. The molecule has 0 amide bonds. The zero-order chi connectivity index (χ0) is 18.6. The minimum Gasteiger partial charge on any atom is -0.391 e. The van der Waals surface area contributed by atoms with E-state index < -0.39 is 0 Å². The Kier molecular flexibility index (Phi) is 5.02. The van der Waals surface area contributed by atoms with E-state index in [9.17, 15) is 0 Å². The Hall–Kier alpha value is -2.93. The van der Waals surface area contributed by atoms with Crippen LogP contribution in [0.1, 0.15) is 29.9 Å². The van der Waals surface area contributed by atoms with Gasteiger partial charge in [0.15, 0.2) is 0 Å². The first kappa shape index (κ1) is 17.5. The summed E-state index contributed by atoms with van der Waals surface area (Å²) < 4.78 is 0. The lowest BCUT2D eigenvalue weighted by Gasteiger charge is -2.16. The number of pyridine rings is 1. The minimum absolute atomic E-state index is 0.383. The fourth-order valence-corrected chi connectivity index (χ4v) is 3.99. The predicted molar refractivity (Wildman–Crippen MR) is 107 cm³/mol. The van der Waals surface area contributed by atoms with Crippen LogP contribution in [-0.2, 0) is 11.3 Å². The van der Waals surface area contributed by atoms with Gasteiger partial charge in [0.05, 0.1) is 22.5 Å². The van der Waals surface area contributed by atoms with Gasteiger partial charge in [-0.05, 0) is 38.3 Å². The van der Waals surface area contributed by atoms with E-state index in [1.165, 1.54) is 0 Å². The van der Waals surface area contributed by atoms with Gasteiger partial charge in [0.2, 0.25) is 0 Å². The zero-order valence-electron chi connectivity index (χ0n) is 15.1. The molecule has 3 aromatic heterocycles. The van der Waals surface area contributed by atoms with Crippen molar-refractivity contribution in [2.24, 2.45) is 5.16 Å². The topological polar surface area (TPSA) is 73.2 Å². The van der Waals surface area contributed by atoms with Crippen molar-refractivity contribution >= 4 is 17.0 Å². The quantitative estimate of drug-likeness (QED) is 0.378. The third kappa shape index (κ3) is 3.64. The maximum Gasteiger partial charge on any atom is 0.135 e. The summed E-state index contributed by atoms with van der Waals surface area (Å²) >= 11 is 1.60. The average Bonchev–Trinajstić information content (AvgIpc) is 3.10. The first-order chi connectivity index (χ1) is 13.3. The first-order valence-electron chi connectivity index (χ1n) is 8.80. The average molecular weight is 377 g/mol. The van der Waals surface area contributed by atoms with E-state index >= 15 is 0 Å². The Morgan fingerprint density at radius 3 is 3.04 bits per heavy atom. The lowest BCUT2D eigenvalue weighted by molar-refractivity contribution is 0.174. The summed E-state index contributed by atoms with van der Waals surface area (Å²) in [7, 11) is 0. The Labute approximate surface area is 161 Å². The van der Waals surface area contributed by atoms with Crippen molar-refractivity contribution < 1.29 is 4.84 Å². The summed E-state index contributed by atoms with van der Waals surface area (Å²) in [6.45, 7) is 6.02. The van der Waals surface area contributed by atoms with Crippen LogP contribution in [0.2, 0.25) is 0 Å². The first-order valence-corrected chi connectivity index (χ1v) is 9.62. The molecule has 3 heterocycles. The number of fused-ring (bicyclic) bond motifs is 1. The van der Waals surface area contributed by atoms with Crippen LogP contribution in [0.5, 0.6) is 0 Å². The molecule has 0 bridgehead atoms. The summed E-state index contributed by atoms with van der Waals surface area (Å²) in [5.74, 6) is 0. The number of hydrogen-bond acceptors (Lipinski definition) is 7. The van der Waals surface area contributed by atoms with Gasteiger partial charge >= 0.3 is 0 Å². The molecule has 0 aromatic carbocycles. The molecule has 1 aliphatic rings. The van der Waals surface area contributed by atoms with Gasteiger partial charge in [0.1, 0.15) is 28.7 Å². The highest BCUT2D eigenvalue weighted by Gasteiger charge is 2.21. The number of nitrogens with zero attached hydrogens (tertiary/aromatic N) is 5. The van der Waals surface area contributed by atoms with Crippen LogP contribution < -0.4 is 0 Å². The fraction of sp³-hybridized carbons (Fsp3) is 0.250. The van der Waals surface area contributed by atoms with Gasteiger partial charge in [0.25, 0.3) is 0 Å². The second kappa shape index (κ2) is 7.75. The fourth-order valence-electron chi connectivity index (χ4n) is 2.98. The second-order valence-corrected chi connectivity index (χ2v) is 7.20. The number of rotatable bonds is 5. The highest BCUT2D eigenvalue weighted by molar-refractivity contribution is 7.18. The van der Waals surface area contributed by atoms with Crippen molar-refractivity contribution in [3.8, 4) is 21.1 Å². The third-order valence-corrected chi connectivity index (χ3v) is 5.48. The maximum atomic E-state index is 5.30. The van der Waals surface area contributed by atoms with Gasteiger partial charge < -0.3 is 4.84 Å². The van der Waals surface area contributed by atoms with Gasteiger partial charge in [-0.2, -0.15) is 0 Å².